The molecule has 1 N–H and O–H groups in total. The highest BCUT2D eigenvalue weighted by Gasteiger charge is 2.34. The molecule has 1 fully saturated rings. The number of aromatic nitrogens is 2. The third-order valence-electron chi connectivity index (χ3n) is 4.44. The zero-order valence-corrected chi connectivity index (χ0v) is 14.2. The molecule has 8 heteroatoms. The van der Waals surface area contributed by atoms with E-state index in [2.05, 4.69) is 10.4 Å². The molecule has 0 unspecified atom stereocenters. The number of nitrogens with zero attached hydrogens (tertiary/aromatic N) is 2. The van der Waals surface area contributed by atoms with Crippen LogP contribution in [0.1, 0.15) is 46.1 Å². The van der Waals surface area contributed by atoms with Gasteiger partial charge >= 0.3 is 6.18 Å². The summed E-state index contributed by atoms with van der Waals surface area (Å²) < 4.78 is 45.7. The summed E-state index contributed by atoms with van der Waals surface area (Å²) in [4.78, 5) is 12.6. The van der Waals surface area contributed by atoms with E-state index in [1.165, 1.54) is 23.2 Å². The van der Waals surface area contributed by atoms with Crippen LogP contribution in [0.4, 0.5) is 13.2 Å². The fourth-order valence-electron chi connectivity index (χ4n) is 2.98. The van der Waals surface area contributed by atoms with Gasteiger partial charge in [0.25, 0.3) is 5.91 Å². The van der Waals surface area contributed by atoms with Gasteiger partial charge < -0.3 is 9.73 Å². The number of alkyl halides is 3. The van der Waals surface area contributed by atoms with E-state index in [1.54, 1.807) is 18.2 Å². The largest absolute Gasteiger partial charge is 0.467 e. The molecule has 0 saturated heterocycles. The lowest BCUT2D eigenvalue weighted by Gasteiger charge is -2.12. The second-order valence-corrected chi connectivity index (χ2v) is 6.44. The maximum absolute atomic E-state index is 13.0. The summed E-state index contributed by atoms with van der Waals surface area (Å²) in [6, 6.07) is 8.42. The minimum Gasteiger partial charge on any atom is -0.467 e. The Hall–Kier alpha value is -3.03. The van der Waals surface area contributed by atoms with Crippen molar-refractivity contribution < 1.29 is 22.4 Å². The predicted octanol–water partition coefficient (Wildman–Crippen LogP) is 4.29. The third kappa shape index (κ3) is 3.60. The quantitative estimate of drug-likeness (QED) is 0.724. The fraction of sp³-hybridized carbons (Fsp3) is 0.263. The number of rotatable bonds is 5. The zero-order valence-electron chi connectivity index (χ0n) is 14.2. The summed E-state index contributed by atoms with van der Waals surface area (Å²) >= 11 is 0. The molecular weight excluding hydrogens is 359 g/mol. The Kier molecular flexibility index (Phi) is 4.25. The maximum atomic E-state index is 13.0. The predicted molar refractivity (Wildman–Crippen MR) is 90.4 cm³/mol. The van der Waals surface area contributed by atoms with E-state index in [1.807, 2.05) is 0 Å². The number of benzene rings is 1. The topological polar surface area (TPSA) is 60.1 Å². The van der Waals surface area contributed by atoms with E-state index < -0.39 is 11.7 Å². The number of halogens is 3. The molecule has 3 aromatic rings. The SMILES string of the molecule is O=C(NCc1ccco1)c1cnn(-c2cccc(C(F)(F)F)c2)c1C1CC1. The highest BCUT2D eigenvalue weighted by atomic mass is 19.4. The molecule has 0 spiro atoms. The number of hydrogen-bond acceptors (Lipinski definition) is 3. The van der Waals surface area contributed by atoms with E-state index in [9.17, 15) is 18.0 Å². The van der Waals surface area contributed by atoms with Crippen molar-refractivity contribution in [2.75, 3.05) is 0 Å². The van der Waals surface area contributed by atoms with Crippen molar-refractivity contribution >= 4 is 5.91 Å². The van der Waals surface area contributed by atoms with Crippen molar-refractivity contribution in [3.05, 3.63) is 71.4 Å². The molecule has 2 aromatic heterocycles. The van der Waals surface area contributed by atoms with Gasteiger partial charge in [-0.25, -0.2) is 4.68 Å². The Morgan fingerprint density at radius 3 is 2.74 bits per heavy atom. The van der Waals surface area contributed by atoms with Crippen LogP contribution in [-0.4, -0.2) is 15.7 Å². The van der Waals surface area contributed by atoms with Crippen molar-refractivity contribution in [1.82, 2.24) is 15.1 Å². The van der Waals surface area contributed by atoms with Gasteiger partial charge in [-0.1, -0.05) is 6.07 Å². The van der Waals surface area contributed by atoms with Crippen molar-refractivity contribution in [3.63, 3.8) is 0 Å². The Bertz CT molecular complexity index is 957. The molecule has 0 bridgehead atoms. The fourth-order valence-corrected chi connectivity index (χ4v) is 2.98. The summed E-state index contributed by atoms with van der Waals surface area (Å²) in [7, 11) is 0. The molecule has 0 aliphatic heterocycles. The number of hydrogen-bond donors (Lipinski definition) is 1. The van der Waals surface area contributed by atoms with Gasteiger partial charge in [0.2, 0.25) is 0 Å². The van der Waals surface area contributed by atoms with Gasteiger partial charge in [-0.15, -0.1) is 0 Å². The minimum absolute atomic E-state index is 0.117. The maximum Gasteiger partial charge on any atom is 0.416 e. The van der Waals surface area contributed by atoms with Crippen LogP contribution < -0.4 is 5.32 Å². The average molecular weight is 375 g/mol. The van der Waals surface area contributed by atoms with Crippen molar-refractivity contribution in [2.45, 2.75) is 31.5 Å². The van der Waals surface area contributed by atoms with Crippen molar-refractivity contribution in [2.24, 2.45) is 0 Å². The first kappa shape index (κ1) is 17.4. The van der Waals surface area contributed by atoms with Crippen LogP contribution in [0, 0.1) is 0 Å². The lowest BCUT2D eigenvalue weighted by molar-refractivity contribution is -0.137. The van der Waals surface area contributed by atoms with Crippen LogP contribution in [0.5, 0.6) is 0 Å². The van der Waals surface area contributed by atoms with Gasteiger partial charge in [-0.2, -0.15) is 18.3 Å². The molecule has 0 radical (unpaired) electrons. The molecule has 5 nitrogen and oxygen atoms in total. The third-order valence-corrected chi connectivity index (χ3v) is 4.44. The second kappa shape index (κ2) is 6.61. The monoisotopic (exact) mass is 375 g/mol. The number of amides is 1. The number of furan rings is 1. The Morgan fingerprint density at radius 2 is 2.07 bits per heavy atom. The van der Waals surface area contributed by atoms with Gasteiger partial charge in [-0.05, 0) is 43.2 Å². The zero-order chi connectivity index (χ0) is 19.0. The second-order valence-electron chi connectivity index (χ2n) is 6.44. The number of carbonyl (C=O) groups excluding carboxylic acids is 1. The summed E-state index contributed by atoms with van der Waals surface area (Å²) in [5.74, 6) is 0.402. The van der Waals surface area contributed by atoms with E-state index in [4.69, 9.17) is 4.42 Å². The molecular formula is C19H16F3N3O2. The first-order chi connectivity index (χ1) is 12.9. The van der Waals surface area contributed by atoms with E-state index in [-0.39, 0.29) is 24.1 Å². The molecule has 1 aliphatic carbocycles. The normalized spacial score (nSPS) is 14.3. The van der Waals surface area contributed by atoms with E-state index >= 15 is 0 Å². The molecule has 4 rings (SSSR count). The Balaban J connectivity index is 1.64. The van der Waals surface area contributed by atoms with Gasteiger partial charge in [0, 0.05) is 5.92 Å². The highest BCUT2D eigenvalue weighted by molar-refractivity contribution is 5.95. The Morgan fingerprint density at radius 1 is 1.26 bits per heavy atom. The summed E-state index contributed by atoms with van der Waals surface area (Å²) in [5.41, 5.74) is 0.561. The minimum atomic E-state index is -4.44. The van der Waals surface area contributed by atoms with Gasteiger partial charge in [0.1, 0.15) is 5.76 Å². The standard InChI is InChI=1S/C19H16F3N3O2/c20-19(21,22)13-3-1-4-14(9-13)25-17(12-6-7-12)16(11-24-25)18(26)23-10-15-5-2-8-27-15/h1-5,8-9,11-12H,6-7,10H2,(H,23,26). The summed E-state index contributed by atoms with van der Waals surface area (Å²) in [6.07, 6.45) is 0.243. The number of nitrogens with one attached hydrogen (secondary N) is 1. The lowest BCUT2D eigenvalue weighted by Crippen LogP contribution is -2.23. The molecule has 2 heterocycles. The van der Waals surface area contributed by atoms with Crippen molar-refractivity contribution in [1.29, 1.82) is 0 Å². The van der Waals surface area contributed by atoms with Crippen LogP contribution in [0.2, 0.25) is 0 Å². The van der Waals surface area contributed by atoms with Crippen LogP contribution in [0.3, 0.4) is 0 Å². The molecule has 1 aliphatic rings. The first-order valence-corrected chi connectivity index (χ1v) is 8.49. The Labute approximate surface area is 152 Å². The van der Waals surface area contributed by atoms with E-state index in [0.29, 0.717) is 17.0 Å². The number of carbonyl (C=O) groups is 1. The van der Waals surface area contributed by atoms with Crippen LogP contribution in [0.15, 0.2) is 53.3 Å². The smallest absolute Gasteiger partial charge is 0.416 e. The molecule has 1 amide bonds. The molecule has 140 valence electrons. The molecule has 27 heavy (non-hydrogen) atoms. The van der Waals surface area contributed by atoms with Crippen molar-refractivity contribution in [3.8, 4) is 5.69 Å². The van der Waals surface area contributed by atoms with E-state index in [0.717, 1.165) is 25.0 Å². The van der Waals surface area contributed by atoms with Gasteiger partial charge in [-0.3, -0.25) is 4.79 Å². The molecule has 0 atom stereocenters. The molecule has 1 saturated carbocycles. The average Bonchev–Trinajstić information content (AvgIpc) is 3.17. The van der Waals surface area contributed by atoms with Crippen LogP contribution in [-0.2, 0) is 12.7 Å². The highest BCUT2D eigenvalue weighted by Crippen LogP contribution is 2.42. The van der Waals surface area contributed by atoms with Gasteiger partial charge in [0.15, 0.2) is 0 Å². The summed E-state index contributed by atoms with van der Waals surface area (Å²) in [5, 5.41) is 6.96. The van der Waals surface area contributed by atoms with Crippen LogP contribution in [0.25, 0.3) is 5.69 Å². The van der Waals surface area contributed by atoms with Crippen LogP contribution >= 0.6 is 0 Å². The lowest BCUT2D eigenvalue weighted by atomic mass is 10.1. The molecule has 1 aromatic carbocycles. The summed E-state index contributed by atoms with van der Waals surface area (Å²) in [6.45, 7) is 0.227. The van der Waals surface area contributed by atoms with Gasteiger partial charge in [0.05, 0.1) is 41.5 Å². The first-order valence-electron chi connectivity index (χ1n) is 8.49.